The van der Waals surface area contributed by atoms with Crippen molar-refractivity contribution in [1.82, 2.24) is 5.43 Å². The molecule has 0 fully saturated rings. The summed E-state index contributed by atoms with van der Waals surface area (Å²) in [6.45, 7) is 1.77. The molecule has 0 aliphatic heterocycles. The summed E-state index contributed by atoms with van der Waals surface area (Å²) in [6.07, 6.45) is 1.36. The van der Waals surface area contributed by atoms with E-state index in [4.69, 9.17) is 9.15 Å². The van der Waals surface area contributed by atoms with Gasteiger partial charge in [-0.25, -0.2) is 5.43 Å². The summed E-state index contributed by atoms with van der Waals surface area (Å²) < 4.78 is 11.8. The van der Waals surface area contributed by atoms with E-state index in [9.17, 15) is 14.9 Å². The molecule has 0 saturated carbocycles. The van der Waals surface area contributed by atoms with Crippen LogP contribution >= 0.6 is 15.9 Å². The molecule has 9 heteroatoms. The van der Waals surface area contributed by atoms with Crippen molar-refractivity contribution in [3.8, 4) is 17.1 Å². The number of furan rings is 1. The Hall–Kier alpha value is -3.46. The van der Waals surface area contributed by atoms with Crippen LogP contribution in [-0.4, -0.2) is 23.7 Å². The predicted molar refractivity (Wildman–Crippen MR) is 111 cm³/mol. The number of rotatable bonds is 7. The van der Waals surface area contributed by atoms with Gasteiger partial charge in [0.1, 0.15) is 17.3 Å². The number of non-ortho nitro benzene ring substituents is 1. The average molecular weight is 458 g/mol. The molecule has 1 amide bonds. The third-order valence-corrected chi connectivity index (χ3v) is 4.44. The number of hydrogen-bond donors (Lipinski definition) is 1. The van der Waals surface area contributed by atoms with Crippen LogP contribution in [0.25, 0.3) is 11.3 Å². The quantitative estimate of drug-likeness (QED) is 0.320. The van der Waals surface area contributed by atoms with Crippen LogP contribution in [0.1, 0.15) is 11.3 Å². The molecule has 1 heterocycles. The number of halogens is 1. The third kappa shape index (κ3) is 5.52. The molecule has 0 saturated heterocycles. The standard InChI is InChI=1S/C20H16BrN3O5/c1-13-2-8-19(17(21)10-13)28-12-20(25)23-22-11-16-7-9-18(29-16)14-3-5-15(6-4-14)24(26)27/h2-11H,12H2,1H3,(H,23,25). The number of hydrogen-bond acceptors (Lipinski definition) is 6. The molecule has 0 aliphatic carbocycles. The predicted octanol–water partition coefficient (Wildman–Crippen LogP) is 4.45. The van der Waals surface area contributed by atoms with Gasteiger partial charge < -0.3 is 9.15 Å². The minimum atomic E-state index is -0.464. The fraction of sp³-hybridized carbons (Fsp3) is 0.100. The minimum Gasteiger partial charge on any atom is -0.483 e. The number of hydrazone groups is 1. The second-order valence-electron chi connectivity index (χ2n) is 6.02. The topological polar surface area (TPSA) is 107 Å². The number of ether oxygens (including phenoxy) is 1. The van der Waals surface area contributed by atoms with E-state index in [-0.39, 0.29) is 12.3 Å². The first-order valence-electron chi connectivity index (χ1n) is 8.48. The van der Waals surface area contributed by atoms with Crippen molar-refractivity contribution in [3.05, 3.63) is 80.5 Å². The largest absolute Gasteiger partial charge is 0.483 e. The molecule has 2 aromatic carbocycles. The number of nitro groups is 1. The van der Waals surface area contributed by atoms with E-state index >= 15 is 0 Å². The number of nitrogens with one attached hydrogen (secondary N) is 1. The Morgan fingerprint density at radius 3 is 2.69 bits per heavy atom. The summed E-state index contributed by atoms with van der Waals surface area (Å²) in [6, 6.07) is 14.9. The lowest BCUT2D eigenvalue weighted by Gasteiger charge is -2.07. The first-order chi connectivity index (χ1) is 13.9. The van der Waals surface area contributed by atoms with E-state index in [1.165, 1.54) is 18.3 Å². The first kappa shape index (κ1) is 20.3. The lowest BCUT2D eigenvalue weighted by molar-refractivity contribution is -0.384. The van der Waals surface area contributed by atoms with Crippen LogP contribution in [0.15, 0.2) is 68.6 Å². The highest BCUT2D eigenvalue weighted by Crippen LogP contribution is 2.26. The number of carbonyl (C=O) groups is 1. The zero-order chi connectivity index (χ0) is 20.8. The zero-order valence-electron chi connectivity index (χ0n) is 15.3. The van der Waals surface area contributed by atoms with Crippen LogP contribution in [-0.2, 0) is 4.79 Å². The van der Waals surface area contributed by atoms with Crippen molar-refractivity contribution in [2.75, 3.05) is 6.61 Å². The molecule has 0 radical (unpaired) electrons. The van der Waals surface area contributed by atoms with E-state index in [1.54, 1.807) is 30.3 Å². The van der Waals surface area contributed by atoms with Gasteiger partial charge in [-0.3, -0.25) is 14.9 Å². The fourth-order valence-electron chi connectivity index (χ4n) is 2.39. The highest BCUT2D eigenvalue weighted by Gasteiger charge is 2.08. The van der Waals surface area contributed by atoms with Crippen LogP contribution in [0.3, 0.4) is 0 Å². The van der Waals surface area contributed by atoms with Crippen molar-refractivity contribution >= 4 is 33.7 Å². The first-order valence-corrected chi connectivity index (χ1v) is 9.27. The van der Waals surface area contributed by atoms with Gasteiger partial charge in [-0.1, -0.05) is 6.07 Å². The second-order valence-corrected chi connectivity index (χ2v) is 6.88. The van der Waals surface area contributed by atoms with Gasteiger partial charge in [0, 0.05) is 17.7 Å². The summed E-state index contributed by atoms with van der Waals surface area (Å²) in [7, 11) is 0. The van der Waals surface area contributed by atoms with E-state index in [1.807, 2.05) is 19.1 Å². The summed E-state index contributed by atoms with van der Waals surface area (Å²) in [4.78, 5) is 22.1. The van der Waals surface area contributed by atoms with E-state index in [0.717, 1.165) is 10.0 Å². The Labute approximate surface area is 174 Å². The maximum atomic E-state index is 11.8. The van der Waals surface area contributed by atoms with Gasteiger partial charge >= 0.3 is 0 Å². The van der Waals surface area contributed by atoms with Gasteiger partial charge in [-0.05, 0) is 64.8 Å². The molecule has 3 rings (SSSR count). The van der Waals surface area contributed by atoms with Crippen LogP contribution in [0.2, 0.25) is 0 Å². The third-order valence-electron chi connectivity index (χ3n) is 3.82. The highest BCUT2D eigenvalue weighted by atomic mass is 79.9. The molecule has 8 nitrogen and oxygen atoms in total. The SMILES string of the molecule is Cc1ccc(OCC(=O)NN=Cc2ccc(-c3ccc([N+](=O)[O-])cc3)o2)c(Br)c1. The Morgan fingerprint density at radius 1 is 1.24 bits per heavy atom. The van der Waals surface area contributed by atoms with Gasteiger partial charge in [0.2, 0.25) is 0 Å². The molecule has 0 atom stereocenters. The Bertz CT molecular complexity index is 1060. The molecule has 0 bridgehead atoms. The zero-order valence-corrected chi connectivity index (χ0v) is 16.9. The number of amides is 1. The molecule has 0 unspecified atom stereocenters. The maximum absolute atomic E-state index is 11.8. The summed E-state index contributed by atoms with van der Waals surface area (Å²) >= 11 is 3.38. The van der Waals surface area contributed by atoms with Crippen LogP contribution in [0, 0.1) is 17.0 Å². The second kappa shape index (κ2) is 9.16. The highest BCUT2D eigenvalue weighted by molar-refractivity contribution is 9.10. The van der Waals surface area contributed by atoms with Gasteiger partial charge in [0.15, 0.2) is 6.61 Å². The van der Waals surface area contributed by atoms with Gasteiger partial charge in [0.25, 0.3) is 11.6 Å². The average Bonchev–Trinajstić information content (AvgIpc) is 3.16. The number of nitro benzene ring substituents is 1. The Morgan fingerprint density at radius 2 is 2.00 bits per heavy atom. The molecule has 3 aromatic rings. The van der Waals surface area contributed by atoms with Gasteiger partial charge in [0.05, 0.1) is 15.6 Å². The molecule has 0 spiro atoms. The molecule has 1 N–H and O–H groups in total. The molecular formula is C20H16BrN3O5. The van der Waals surface area contributed by atoms with Crippen molar-refractivity contribution in [1.29, 1.82) is 0 Å². The van der Waals surface area contributed by atoms with Crippen molar-refractivity contribution < 1.29 is 18.9 Å². The summed E-state index contributed by atoms with van der Waals surface area (Å²) in [5, 5.41) is 14.5. The van der Waals surface area contributed by atoms with Gasteiger partial charge in [-0.15, -0.1) is 0 Å². The molecule has 1 aromatic heterocycles. The monoisotopic (exact) mass is 457 g/mol. The summed E-state index contributed by atoms with van der Waals surface area (Å²) in [5.74, 6) is 1.09. The van der Waals surface area contributed by atoms with Crippen LogP contribution < -0.4 is 10.2 Å². The molecule has 0 aliphatic rings. The van der Waals surface area contributed by atoms with Crippen molar-refractivity contribution in [3.63, 3.8) is 0 Å². The van der Waals surface area contributed by atoms with Gasteiger partial charge in [-0.2, -0.15) is 5.10 Å². The number of carbonyl (C=O) groups excluding carboxylic acids is 1. The Kier molecular flexibility index (Phi) is 6.40. The smallest absolute Gasteiger partial charge is 0.277 e. The lowest BCUT2D eigenvalue weighted by Crippen LogP contribution is -2.24. The normalized spacial score (nSPS) is 10.8. The van der Waals surface area contributed by atoms with E-state index in [2.05, 4.69) is 26.5 Å². The fourth-order valence-corrected chi connectivity index (χ4v) is 3.00. The van der Waals surface area contributed by atoms with E-state index < -0.39 is 10.8 Å². The lowest BCUT2D eigenvalue weighted by atomic mass is 10.1. The molecular weight excluding hydrogens is 442 g/mol. The van der Waals surface area contributed by atoms with E-state index in [0.29, 0.717) is 22.8 Å². The number of nitrogens with zero attached hydrogens (tertiary/aromatic N) is 2. The number of benzene rings is 2. The molecule has 148 valence electrons. The minimum absolute atomic E-state index is 0.00434. The van der Waals surface area contributed by atoms with Crippen molar-refractivity contribution in [2.45, 2.75) is 6.92 Å². The molecule has 29 heavy (non-hydrogen) atoms. The van der Waals surface area contributed by atoms with Crippen molar-refractivity contribution in [2.24, 2.45) is 5.10 Å². The van der Waals surface area contributed by atoms with Crippen LogP contribution in [0.4, 0.5) is 5.69 Å². The summed E-state index contributed by atoms with van der Waals surface area (Å²) in [5.41, 5.74) is 4.13. The maximum Gasteiger partial charge on any atom is 0.277 e. The Balaban J connectivity index is 1.52. The number of aryl methyl sites for hydroxylation is 1. The van der Waals surface area contributed by atoms with Crippen LogP contribution in [0.5, 0.6) is 5.75 Å².